The van der Waals surface area contributed by atoms with Gasteiger partial charge in [-0.05, 0) is 42.5 Å². The second kappa shape index (κ2) is 8.64. The van der Waals surface area contributed by atoms with E-state index < -0.39 is 18.0 Å². The molecule has 0 spiro atoms. The molecule has 12 nitrogen and oxygen atoms in total. The fraction of sp³-hybridized carbons (Fsp3) is 0.211. The minimum Gasteiger partial charge on any atom is -0.442 e. The van der Waals surface area contributed by atoms with Crippen molar-refractivity contribution in [2.75, 3.05) is 18.0 Å². The van der Waals surface area contributed by atoms with Crippen molar-refractivity contribution >= 4 is 17.7 Å². The molecule has 3 heterocycles. The van der Waals surface area contributed by atoms with Gasteiger partial charge >= 0.3 is 6.09 Å². The Morgan fingerprint density at radius 3 is 2.94 bits per heavy atom. The summed E-state index contributed by atoms with van der Waals surface area (Å²) in [6, 6.07) is 7.78. The van der Waals surface area contributed by atoms with E-state index in [9.17, 15) is 9.18 Å². The predicted molar refractivity (Wildman–Crippen MR) is 110 cm³/mol. The smallest absolute Gasteiger partial charge is 0.414 e. The lowest BCUT2D eigenvalue weighted by Gasteiger charge is -2.14. The molecule has 1 aromatic carbocycles. The fourth-order valence-electron chi connectivity index (χ4n) is 3.08. The maximum absolute atomic E-state index is 14.9. The number of aryl methyl sites for hydroxylation is 1. The molecule has 2 aromatic heterocycles. The maximum atomic E-state index is 14.9. The summed E-state index contributed by atoms with van der Waals surface area (Å²) in [5, 5.41) is 22.4. The van der Waals surface area contributed by atoms with Crippen LogP contribution in [0.15, 0.2) is 41.5 Å². The molecular weight excluding hydrogens is 419 g/mol. The highest BCUT2D eigenvalue weighted by molar-refractivity contribution is 5.90. The van der Waals surface area contributed by atoms with Gasteiger partial charge in [-0.2, -0.15) is 5.26 Å². The number of nitrogens with one attached hydrogen (secondary N) is 1. The Bertz CT molecular complexity index is 1220. The van der Waals surface area contributed by atoms with Gasteiger partial charge in [0.2, 0.25) is 5.96 Å². The van der Waals surface area contributed by atoms with Gasteiger partial charge in [-0.1, -0.05) is 0 Å². The van der Waals surface area contributed by atoms with Gasteiger partial charge in [-0.3, -0.25) is 10.2 Å². The van der Waals surface area contributed by atoms with E-state index in [1.165, 1.54) is 22.0 Å². The third kappa shape index (κ3) is 4.29. The van der Waals surface area contributed by atoms with E-state index >= 15 is 0 Å². The number of nitriles is 1. The van der Waals surface area contributed by atoms with Gasteiger partial charge in [0.05, 0.1) is 18.8 Å². The molecule has 1 amide bonds. The molecule has 1 atom stereocenters. The molecule has 13 heteroatoms. The fourth-order valence-corrected chi connectivity index (χ4v) is 3.08. The quantitative estimate of drug-likeness (QED) is 0.256. The number of amides is 1. The highest BCUT2D eigenvalue weighted by atomic mass is 19.1. The highest BCUT2D eigenvalue weighted by Crippen LogP contribution is 2.29. The van der Waals surface area contributed by atoms with Crippen LogP contribution in [-0.4, -0.2) is 56.4 Å². The number of hydrogen-bond acceptors (Lipinski definition) is 8. The summed E-state index contributed by atoms with van der Waals surface area (Å²) < 4.78 is 20.1. The standard InChI is InChI=1S/C19H17FN10O2/c1-11-26-28-30(27-11)17-5-2-12(7-23-17)15-4-3-13(6-16(15)20)29-9-14(32-19(29)31)8-24-18(22)25-10-21/h2-7,14H,8-9H2,1H3,(H3,22,24,25). The summed E-state index contributed by atoms with van der Waals surface area (Å²) in [5.41, 5.74) is 6.69. The van der Waals surface area contributed by atoms with Crippen LogP contribution in [0.2, 0.25) is 0 Å². The number of nitrogens with zero attached hydrogens (tertiary/aromatic N) is 8. The highest BCUT2D eigenvalue weighted by Gasteiger charge is 2.32. The molecule has 32 heavy (non-hydrogen) atoms. The summed E-state index contributed by atoms with van der Waals surface area (Å²) >= 11 is 0. The van der Waals surface area contributed by atoms with E-state index in [4.69, 9.17) is 15.7 Å². The van der Waals surface area contributed by atoms with Crippen molar-refractivity contribution in [1.29, 1.82) is 5.26 Å². The van der Waals surface area contributed by atoms with Gasteiger partial charge < -0.3 is 10.5 Å². The average molecular weight is 436 g/mol. The zero-order valence-electron chi connectivity index (χ0n) is 16.8. The first-order chi connectivity index (χ1) is 15.4. The molecule has 0 radical (unpaired) electrons. The molecule has 1 fully saturated rings. The Hall–Kier alpha value is -4.60. The van der Waals surface area contributed by atoms with Crippen LogP contribution in [0, 0.1) is 24.2 Å². The summed E-state index contributed by atoms with van der Waals surface area (Å²) in [5.74, 6) is 0.357. The number of hydrogen-bond donors (Lipinski definition) is 2. The van der Waals surface area contributed by atoms with Crippen molar-refractivity contribution in [3.63, 3.8) is 0 Å². The molecule has 162 valence electrons. The second-order valence-electron chi connectivity index (χ2n) is 6.77. The van der Waals surface area contributed by atoms with Crippen LogP contribution < -0.4 is 16.0 Å². The topological polar surface area (TPSA) is 160 Å². The van der Waals surface area contributed by atoms with Gasteiger partial charge in [-0.25, -0.2) is 19.2 Å². The second-order valence-corrected chi connectivity index (χ2v) is 6.77. The van der Waals surface area contributed by atoms with Crippen LogP contribution in [0.3, 0.4) is 0 Å². The van der Waals surface area contributed by atoms with Gasteiger partial charge in [0.25, 0.3) is 0 Å². The van der Waals surface area contributed by atoms with Gasteiger partial charge in [0.1, 0.15) is 11.9 Å². The normalized spacial score (nSPS) is 16.0. The first-order valence-electron chi connectivity index (χ1n) is 9.41. The van der Waals surface area contributed by atoms with Crippen LogP contribution in [0.5, 0.6) is 0 Å². The number of tetrazole rings is 1. The molecule has 0 saturated carbocycles. The monoisotopic (exact) mass is 436 g/mol. The zero-order chi connectivity index (χ0) is 22.7. The summed E-state index contributed by atoms with van der Waals surface area (Å²) in [7, 11) is 0. The number of anilines is 1. The molecular formula is C19H17FN10O2. The van der Waals surface area contributed by atoms with Gasteiger partial charge in [-0.15, -0.1) is 15.0 Å². The van der Waals surface area contributed by atoms with Crippen molar-refractivity contribution in [1.82, 2.24) is 30.5 Å². The Morgan fingerprint density at radius 1 is 1.44 bits per heavy atom. The van der Waals surface area contributed by atoms with Crippen LogP contribution in [0.4, 0.5) is 14.9 Å². The van der Waals surface area contributed by atoms with Crippen molar-refractivity contribution in [2.45, 2.75) is 13.0 Å². The third-order valence-electron chi connectivity index (χ3n) is 4.57. The van der Waals surface area contributed by atoms with Gasteiger partial charge in [0, 0.05) is 17.3 Å². The first-order valence-corrected chi connectivity index (χ1v) is 9.41. The molecule has 0 aliphatic carbocycles. The molecule has 1 aliphatic heterocycles. The van der Waals surface area contributed by atoms with Gasteiger partial charge in [0.15, 0.2) is 17.8 Å². The van der Waals surface area contributed by atoms with E-state index in [-0.39, 0.29) is 19.0 Å². The number of cyclic esters (lactones) is 1. The van der Waals surface area contributed by atoms with Crippen molar-refractivity contribution in [2.24, 2.45) is 10.7 Å². The number of nitrogens with two attached hydrogens (primary N) is 1. The molecule has 3 aromatic rings. The molecule has 1 aliphatic rings. The zero-order valence-corrected chi connectivity index (χ0v) is 16.8. The Balaban J connectivity index is 1.48. The first kappa shape index (κ1) is 20.7. The minimum absolute atomic E-state index is 0.0709. The van der Waals surface area contributed by atoms with Crippen LogP contribution in [0.1, 0.15) is 5.82 Å². The number of rotatable bonds is 5. The summed E-state index contributed by atoms with van der Waals surface area (Å²) in [4.78, 5) is 23.0. The van der Waals surface area contributed by atoms with Crippen LogP contribution in [0.25, 0.3) is 16.9 Å². The van der Waals surface area contributed by atoms with E-state index in [2.05, 4.69) is 30.7 Å². The number of halogens is 1. The molecule has 1 unspecified atom stereocenters. The Labute approximate surface area is 181 Å². The van der Waals surface area contributed by atoms with E-state index in [1.807, 2.05) is 0 Å². The minimum atomic E-state index is -0.620. The Kier molecular flexibility index (Phi) is 5.58. The average Bonchev–Trinajstić information content (AvgIpc) is 3.38. The number of guanidine groups is 1. The number of carbonyl (C=O) groups excluding carboxylic acids is 1. The summed E-state index contributed by atoms with van der Waals surface area (Å²) in [6.07, 6.45) is 1.95. The SMILES string of the molecule is Cc1nnn(-c2ccc(-c3ccc(N4CC(CN=C(N)NC#N)OC4=O)cc3F)cn2)n1. The Morgan fingerprint density at radius 2 is 2.28 bits per heavy atom. The lowest BCUT2D eigenvalue weighted by Crippen LogP contribution is -2.30. The lowest BCUT2D eigenvalue weighted by molar-refractivity contribution is 0.145. The summed E-state index contributed by atoms with van der Waals surface area (Å²) in [6.45, 7) is 1.95. The van der Waals surface area contributed by atoms with Crippen molar-refractivity contribution < 1.29 is 13.9 Å². The number of aliphatic imine (C=N–C) groups is 1. The molecule has 4 rings (SSSR count). The molecule has 0 bridgehead atoms. The number of pyridine rings is 1. The van der Waals surface area contributed by atoms with E-state index in [0.29, 0.717) is 28.5 Å². The largest absolute Gasteiger partial charge is 0.442 e. The molecule has 1 saturated heterocycles. The third-order valence-corrected chi connectivity index (χ3v) is 4.57. The maximum Gasteiger partial charge on any atom is 0.414 e. The predicted octanol–water partition coefficient (Wildman–Crippen LogP) is 0.882. The molecule has 3 N–H and O–H groups in total. The number of aromatic nitrogens is 5. The van der Waals surface area contributed by atoms with Crippen LogP contribution in [-0.2, 0) is 4.74 Å². The number of benzene rings is 1. The number of carbonyl (C=O) groups is 1. The number of ether oxygens (including phenoxy) is 1. The lowest BCUT2D eigenvalue weighted by atomic mass is 10.1. The van der Waals surface area contributed by atoms with Crippen molar-refractivity contribution in [3.8, 4) is 23.1 Å². The van der Waals surface area contributed by atoms with E-state index in [1.54, 1.807) is 37.4 Å². The van der Waals surface area contributed by atoms with Crippen molar-refractivity contribution in [3.05, 3.63) is 48.2 Å². The van der Waals surface area contributed by atoms with Crippen LogP contribution >= 0.6 is 0 Å². The van der Waals surface area contributed by atoms with E-state index in [0.717, 1.165) is 0 Å².